The molecule has 0 fully saturated rings. The molecule has 0 aliphatic carbocycles. The monoisotopic (exact) mass is 363 g/mol. The van der Waals surface area contributed by atoms with Crippen molar-refractivity contribution >= 4 is 28.6 Å². The maximum atomic E-state index is 12.2. The number of amides is 1. The summed E-state index contributed by atoms with van der Waals surface area (Å²) in [7, 11) is 0. The van der Waals surface area contributed by atoms with Crippen molar-refractivity contribution in [2.45, 2.75) is 6.42 Å². The number of rotatable bonds is 5. The Morgan fingerprint density at radius 3 is 2.63 bits per heavy atom. The van der Waals surface area contributed by atoms with Crippen molar-refractivity contribution in [1.82, 2.24) is 4.98 Å². The Balaban J connectivity index is 1.52. The van der Waals surface area contributed by atoms with E-state index in [0.29, 0.717) is 29.1 Å². The number of benzene rings is 2. The number of anilines is 1. The smallest absolute Gasteiger partial charge is 0.433 e. The van der Waals surface area contributed by atoms with Gasteiger partial charge in [-0.2, -0.15) is 0 Å². The van der Waals surface area contributed by atoms with E-state index in [1.807, 2.05) is 30.3 Å². The van der Waals surface area contributed by atoms with E-state index in [9.17, 15) is 14.9 Å². The van der Waals surface area contributed by atoms with Gasteiger partial charge >= 0.3 is 5.88 Å². The van der Waals surface area contributed by atoms with Gasteiger partial charge in [0.15, 0.2) is 17.2 Å². The third kappa shape index (κ3) is 3.54. The molecule has 0 radical (unpaired) electrons. The molecule has 4 aromatic rings. The van der Waals surface area contributed by atoms with E-state index < -0.39 is 16.7 Å². The summed E-state index contributed by atoms with van der Waals surface area (Å²) < 4.78 is 10.6. The van der Waals surface area contributed by atoms with Gasteiger partial charge in [0.05, 0.1) is 6.07 Å². The third-order valence-corrected chi connectivity index (χ3v) is 3.88. The Morgan fingerprint density at radius 2 is 1.89 bits per heavy atom. The molecule has 0 unspecified atom stereocenters. The Bertz CT molecular complexity index is 1130. The van der Waals surface area contributed by atoms with Crippen LogP contribution >= 0.6 is 0 Å². The van der Waals surface area contributed by atoms with Gasteiger partial charge in [0.2, 0.25) is 0 Å². The van der Waals surface area contributed by atoms with Gasteiger partial charge in [0.1, 0.15) is 10.4 Å². The van der Waals surface area contributed by atoms with Crippen molar-refractivity contribution in [1.29, 1.82) is 0 Å². The fourth-order valence-corrected chi connectivity index (χ4v) is 2.64. The van der Waals surface area contributed by atoms with Crippen LogP contribution in [0.1, 0.15) is 22.0 Å². The molecule has 2 aromatic heterocycles. The zero-order chi connectivity index (χ0) is 18.8. The van der Waals surface area contributed by atoms with Gasteiger partial charge in [0.25, 0.3) is 5.91 Å². The number of hydrogen-bond acceptors (Lipinski definition) is 6. The molecule has 0 atom stereocenters. The molecular formula is C19H13N3O5. The first-order valence-corrected chi connectivity index (χ1v) is 8.07. The summed E-state index contributed by atoms with van der Waals surface area (Å²) in [6.07, 6.45) is 0.563. The molecule has 0 aliphatic rings. The van der Waals surface area contributed by atoms with Crippen molar-refractivity contribution in [3.05, 3.63) is 88.0 Å². The van der Waals surface area contributed by atoms with Crippen LogP contribution in [0.4, 0.5) is 11.6 Å². The summed E-state index contributed by atoms with van der Waals surface area (Å²) in [6.45, 7) is 0. The molecule has 1 amide bonds. The molecular weight excluding hydrogens is 350 g/mol. The lowest BCUT2D eigenvalue weighted by Gasteiger charge is -2.01. The third-order valence-electron chi connectivity index (χ3n) is 3.88. The Labute approximate surface area is 152 Å². The molecule has 0 bridgehead atoms. The molecule has 0 saturated heterocycles. The first-order valence-electron chi connectivity index (χ1n) is 8.07. The van der Waals surface area contributed by atoms with E-state index in [4.69, 9.17) is 8.83 Å². The predicted molar refractivity (Wildman–Crippen MR) is 96.6 cm³/mol. The lowest BCUT2D eigenvalue weighted by atomic mass is 10.1. The summed E-state index contributed by atoms with van der Waals surface area (Å²) in [5.41, 5.74) is 2.76. The predicted octanol–water partition coefficient (Wildman–Crippen LogP) is 4.17. The first-order chi connectivity index (χ1) is 13.1. The van der Waals surface area contributed by atoms with Crippen molar-refractivity contribution in [3.63, 3.8) is 0 Å². The number of carbonyl (C=O) groups is 1. The second kappa shape index (κ2) is 6.75. The summed E-state index contributed by atoms with van der Waals surface area (Å²) in [5.74, 6) is -0.652. The Hall–Kier alpha value is -3.94. The molecule has 8 nitrogen and oxygen atoms in total. The molecule has 1 N–H and O–H groups in total. The number of furan rings is 1. The van der Waals surface area contributed by atoms with E-state index in [2.05, 4.69) is 10.3 Å². The van der Waals surface area contributed by atoms with E-state index in [1.54, 1.807) is 18.2 Å². The summed E-state index contributed by atoms with van der Waals surface area (Å²) in [5, 5.41) is 13.3. The van der Waals surface area contributed by atoms with Crippen LogP contribution in [0, 0.1) is 10.1 Å². The zero-order valence-corrected chi connectivity index (χ0v) is 13.9. The van der Waals surface area contributed by atoms with Crippen molar-refractivity contribution in [2.24, 2.45) is 0 Å². The van der Waals surface area contributed by atoms with Gasteiger partial charge in [-0.05, 0) is 29.8 Å². The highest BCUT2D eigenvalue weighted by Gasteiger charge is 2.17. The van der Waals surface area contributed by atoms with Crippen LogP contribution in [0.15, 0.2) is 69.5 Å². The fraction of sp³-hybridized carbons (Fsp3) is 0.0526. The number of hydrogen-bond donors (Lipinski definition) is 1. The van der Waals surface area contributed by atoms with Gasteiger partial charge < -0.3 is 14.2 Å². The normalized spacial score (nSPS) is 10.8. The number of nitro groups is 1. The number of nitrogens with zero attached hydrogens (tertiary/aromatic N) is 2. The molecule has 4 rings (SSSR count). The molecule has 2 heterocycles. The first kappa shape index (κ1) is 16.5. The number of fused-ring (bicyclic) bond motifs is 1. The van der Waals surface area contributed by atoms with Gasteiger partial charge in [-0.1, -0.05) is 30.3 Å². The van der Waals surface area contributed by atoms with E-state index in [0.717, 1.165) is 11.6 Å². The minimum absolute atomic E-state index is 0.147. The number of aromatic nitrogens is 1. The topological polar surface area (TPSA) is 111 Å². The molecule has 27 heavy (non-hydrogen) atoms. The molecule has 8 heteroatoms. The molecule has 2 aromatic carbocycles. The average Bonchev–Trinajstić information content (AvgIpc) is 3.29. The van der Waals surface area contributed by atoms with Gasteiger partial charge in [-0.15, -0.1) is 0 Å². The van der Waals surface area contributed by atoms with Crippen LogP contribution in [0.2, 0.25) is 0 Å². The lowest BCUT2D eigenvalue weighted by Crippen LogP contribution is -2.10. The van der Waals surface area contributed by atoms with Crippen LogP contribution in [0.25, 0.3) is 11.1 Å². The maximum absolute atomic E-state index is 12.2. The van der Waals surface area contributed by atoms with Crippen molar-refractivity contribution < 1.29 is 18.6 Å². The largest absolute Gasteiger partial charge is 0.440 e. The zero-order valence-electron chi connectivity index (χ0n) is 13.9. The van der Waals surface area contributed by atoms with E-state index >= 15 is 0 Å². The van der Waals surface area contributed by atoms with Crippen LogP contribution in [0.5, 0.6) is 0 Å². The number of oxazole rings is 1. The highest BCUT2D eigenvalue weighted by atomic mass is 16.6. The van der Waals surface area contributed by atoms with Gasteiger partial charge in [-0.3, -0.25) is 14.9 Å². The molecule has 0 aliphatic heterocycles. The van der Waals surface area contributed by atoms with Crippen molar-refractivity contribution in [2.75, 3.05) is 5.32 Å². The minimum atomic E-state index is -0.702. The Morgan fingerprint density at radius 1 is 1.07 bits per heavy atom. The van der Waals surface area contributed by atoms with Gasteiger partial charge in [-0.25, -0.2) is 4.98 Å². The highest BCUT2D eigenvalue weighted by Crippen LogP contribution is 2.23. The highest BCUT2D eigenvalue weighted by molar-refractivity contribution is 6.03. The van der Waals surface area contributed by atoms with Gasteiger partial charge in [0, 0.05) is 12.1 Å². The SMILES string of the molecule is O=C(Nc1ccc2oc(Cc3ccccc3)nc2c1)c1ccc([N+](=O)[O-])o1. The number of nitrogens with one attached hydrogen (secondary N) is 1. The summed E-state index contributed by atoms with van der Waals surface area (Å²) in [4.78, 5) is 26.5. The lowest BCUT2D eigenvalue weighted by molar-refractivity contribution is -0.402. The van der Waals surface area contributed by atoms with Crippen LogP contribution in [-0.2, 0) is 6.42 Å². The average molecular weight is 363 g/mol. The number of carbonyl (C=O) groups excluding carboxylic acids is 1. The van der Waals surface area contributed by atoms with Crippen LogP contribution in [0.3, 0.4) is 0 Å². The second-order valence-electron chi connectivity index (χ2n) is 5.80. The molecule has 0 saturated carbocycles. The summed E-state index contributed by atoms with van der Waals surface area (Å²) >= 11 is 0. The van der Waals surface area contributed by atoms with E-state index in [-0.39, 0.29) is 5.76 Å². The standard InChI is InChI=1S/C19H13N3O5/c23-19(16-8-9-18(27-16)22(24)25)20-13-6-7-15-14(11-13)21-17(26-15)10-12-4-2-1-3-5-12/h1-9,11H,10H2,(H,20,23). The second-order valence-corrected chi connectivity index (χ2v) is 5.80. The molecule has 0 spiro atoms. The Kier molecular flexibility index (Phi) is 4.13. The van der Waals surface area contributed by atoms with Crippen molar-refractivity contribution in [3.8, 4) is 0 Å². The quantitative estimate of drug-likeness (QED) is 0.421. The maximum Gasteiger partial charge on any atom is 0.433 e. The minimum Gasteiger partial charge on any atom is -0.440 e. The summed E-state index contributed by atoms with van der Waals surface area (Å²) in [6, 6.07) is 17.2. The van der Waals surface area contributed by atoms with E-state index in [1.165, 1.54) is 6.07 Å². The van der Waals surface area contributed by atoms with Crippen LogP contribution < -0.4 is 5.32 Å². The van der Waals surface area contributed by atoms with Crippen LogP contribution in [-0.4, -0.2) is 15.8 Å². The molecule has 134 valence electrons. The fourth-order valence-electron chi connectivity index (χ4n) is 2.64.